The highest BCUT2D eigenvalue weighted by atomic mass is 35.5. The molecule has 4 heterocycles. The average Bonchev–Trinajstić information content (AvgIpc) is 3.14. The zero-order valence-corrected chi connectivity index (χ0v) is 31.8. The van der Waals surface area contributed by atoms with Crippen molar-refractivity contribution in [2.24, 2.45) is 18.9 Å². The van der Waals surface area contributed by atoms with E-state index in [1.165, 1.54) is 12.1 Å². The number of aryl methyl sites for hydroxylation is 1. The van der Waals surface area contributed by atoms with Crippen molar-refractivity contribution in [3.05, 3.63) is 74.2 Å². The number of ether oxygens (including phenoxy) is 1. The molecule has 1 unspecified atom stereocenters. The number of alkyl halides is 3. The van der Waals surface area contributed by atoms with Crippen molar-refractivity contribution in [3.63, 3.8) is 0 Å². The molecule has 14 heteroatoms. The molecule has 1 aromatic heterocycles. The Bertz CT molecular complexity index is 1980. The first-order valence-corrected chi connectivity index (χ1v) is 18.9. The lowest BCUT2D eigenvalue weighted by molar-refractivity contribution is -0.137. The Labute approximate surface area is 318 Å². The first-order valence-electron chi connectivity index (χ1n) is 18.5. The van der Waals surface area contributed by atoms with Crippen molar-refractivity contribution in [3.8, 4) is 16.9 Å². The van der Waals surface area contributed by atoms with E-state index >= 15 is 0 Å². The summed E-state index contributed by atoms with van der Waals surface area (Å²) in [6.07, 6.45) is 0.965. The van der Waals surface area contributed by atoms with Crippen LogP contribution < -0.4 is 25.8 Å². The molecule has 0 bridgehead atoms. The van der Waals surface area contributed by atoms with E-state index in [1.54, 1.807) is 23.6 Å². The van der Waals surface area contributed by atoms with Gasteiger partial charge in [0.2, 0.25) is 11.8 Å². The molecule has 3 fully saturated rings. The number of hydrogen-bond donors (Lipinski definition) is 2. The number of benzene rings is 2. The molecule has 10 nitrogen and oxygen atoms in total. The number of carbonyl (C=O) groups excluding carboxylic acids is 3. The van der Waals surface area contributed by atoms with Crippen LogP contribution in [0.25, 0.3) is 11.1 Å². The third-order valence-corrected chi connectivity index (χ3v) is 11.7. The van der Waals surface area contributed by atoms with Gasteiger partial charge in [0.15, 0.2) is 0 Å². The van der Waals surface area contributed by atoms with Crippen molar-refractivity contribution >= 4 is 40.6 Å². The number of nitrogens with one attached hydrogen (secondary N) is 2. The quantitative estimate of drug-likeness (QED) is 0.231. The lowest BCUT2D eigenvalue weighted by Crippen LogP contribution is -2.47. The summed E-state index contributed by atoms with van der Waals surface area (Å²) >= 11 is 6.87. The van der Waals surface area contributed by atoms with E-state index < -0.39 is 29.6 Å². The van der Waals surface area contributed by atoms with Crippen LogP contribution in [0.5, 0.6) is 5.75 Å². The maximum absolute atomic E-state index is 14.2. The van der Waals surface area contributed by atoms with Gasteiger partial charge >= 0.3 is 6.18 Å². The third kappa shape index (κ3) is 8.62. The highest BCUT2D eigenvalue weighted by Crippen LogP contribution is 2.41. The zero-order chi connectivity index (χ0) is 38.9. The van der Waals surface area contributed by atoms with Gasteiger partial charge in [-0.2, -0.15) is 13.2 Å². The fourth-order valence-electron chi connectivity index (χ4n) is 8.00. The van der Waals surface area contributed by atoms with Crippen LogP contribution in [0, 0.1) is 25.7 Å². The summed E-state index contributed by atoms with van der Waals surface area (Å²) in [5.41, 5.74) is 3.70. The maximum atomic E-state index is 14.2. The van der Waals surface area contributed by atoms with Crippen LogP contribution in [0.15, 0.2) is 41.3 Å². The molecule has 1 atom stereocenters. The maximum Gasteiger partial charge on any atom is 0.418 e. The van der Waals surface area contributed by atoms with Crippen molar-refractivity contribution in [2.75, 3.05) is 50.1 Å². The Morgan fingerprint density at radius 1 is 0.981 bits per heavy atom. The molecule has 6 rings (SSSR count). The number of ketones is 1. The first-order chi connectivity index (χ1) is 25.6. The minimum Gasteiger partial charge on any atom is -0.496 e. The average molecular weight is 770 g/mol. The minimum atomic E-state index is -4.63. The number of nitrogens with zero attached hydrogens (tertiary/aromatic N) is 3. The van der Waals surface area contributed by atoms with Crippen LogP contribution in [-0.4, -0.2) is 72.9 Å². The number of carbonyl (C=O) groups is 3. The fourth-order valence-corrected chi connectivity index (χ4v) is 8.29. The number of pyridine rings is 1. The van der Waals surface area contributed by atoms with Gasteiger partial charge in [-0.25, -0.2) is 0 Å². The van der Waals surface area contributed by atoms with E-state index in [9.17, 15) is 32.3 Å². The van der Waals surface area contributed by atoms with Crippen molar-refractivity contribution in [2.45, 2.75) is 71.0 Å². The molecule has 2 amide bonds. The van der Waals surface area contributed by atoms with Crippen LogP contribution in [0.1, 0.15) is 60.8 Å². The van der Waals surface area contributed by atoms with Crippen LogP contribution in [-0.2, 0) is 34.0 Å². The molecule has 0 spiro atoms. The van der Waals surface area contributed by atoms with E-state index in [-0.39, 0.29) is 41.5 Å². The van der Waals surface area contributed by atoms with Crippen LogP contribution in [0.2, 0.25) is 5.02 Å². The molecule has 2 aromatic carbocycles. The number of methoxy groups -OCH3 is 1. The van der Waals surface area contributed by atoms with Gasteiger partial charge in [-0.15, -0.1) is 0 Å². The molecule has 0 aliphatic carbocycles. The van der Waals surface area contributed by atoms with E-state index in [0.717, 1.165) is 60.7 Å². The fraction of sp³-hybridized carbons (Fsp3) is 0.500. The SMILES string of the molecule is COc1cc(-c2cn(C)c(=O)c(C)c2C)cc(Cl)c1CC1CCN(CC(=O)C2CCN(c3ccc(NC4CCC(=O)NC4=O)cc3C(F)(F)F)CC2)CC1. The molecule has 54 heavy (non-hydrogen) atoms. The normalized spacial score (nSPS) is 19.2. The van der Waals surface area contributed by atoms with Crippen molar-refractivity contribution in [1.82, 2.24) is 14.8 Å². The van der Waals surface area contributed by atoms with E-state index in [1.807, 2.05) is 32.2 Å². The second-order valence-electron chi connectivity index (χ2n) is 14.9. The summed E-state index contributed by atoms with van der Waals surface area (Å²) in [7, 11) is 3.37. The minimum absolute atomic E-state index is 0.0328. The molecule has 3 saturated heterocycles. The van der Waals surface area contributed by atoms with E-state index in [4.69, 9.17) is 16.3 Å². The summed E-state index contributed by atoms with van der Waals surface area (Å²) in [5.74, 6) is 0.00207. The van der Waals surface area contributed by atoms with Crippen LogP contribution in [0.3, 0.4) is 0 Å². The number of imide groups is 1. The Hall–Kier alpha value is -4.36. The first kappa shape index (κ1) is 39.3. The number of hydrogen-bond acceptors (Lipinski definition) is 8. The van der Waals surface area contributed by atoms with Gasteiger partial charge < -0.3 is 19.5 Å². The monoisotopic (exact) mass is 769 g/mol. The van der Waals surface area contributed by atoms with E-state index in [2.05, 4.69) is 15.5 Å². The number of amides is 2. The predicted molar refractivity (Wildman–Crippen MR) is 202 cm³/mol. The number of aromatic nitrogens is 1. The Balaban J connectivity index is 1.01. The summed E-state index contributed by atoms with van der Waals surface area (Å²) in [6, 6.07) is 7.06. The smallest absolute Gasteiger partial charge is 0.418 e. The molecule has 0 radical (unpaired) electrons. The number of likely N-dealkylation sites (tertiary alicyclic amines) is 1. The summed E-state index contributed by atoms with van der Waals surface area (Å²) in [5, 5.41) is 5.66. The van der Waals surface area contributed by atoms with Crippen molar-refractivity contribution in [1.29, 1.82) is 0 Å². The Morgan fingerprint density at radius 3 is 2.33 bits per heavy atom. The number of halogens is 4. The number of anilines is 2. The molecule has 2 N–H and O–H groups in total. The van der Waals surface area contributed by atoms with Gasteiger partial charge in [-0.3, -0.25) is 29.4 Å². The Morgan fingerprint density at radius 2 is 1.69 bits per heavy atom. The molecule has 3 aliphatic rings. The lowest BCUT2D eigenvalue weighted by Gasteiger charge is -2.36. The number of piperidine rings is 3. The second-order valence-corrected chi connectivity index (χ2v) is 15.3. The van der Waals surface area contributed by atoms with Gasteiger partial charge in [0, 0.05) is 71.8 Å². The van der Waals surface area contributed by atoms with Gasteiger partial charge in [0.25, 0.3) is 5.56 Å². The highest BCUT2D eigenvalue weighted by Gasteiger charge is 2.37. The molecule has 290 valence electrons. The predicted octanol–water partition coefficient (Wildman–Crippen LogP) is 6.31. The summed E-state index contributed by atoms with van der Waals surface area (Å²) in [4.78, 5) is 53.3. The van der Waals surface area contributed by atoms with Gasteiger partial charge in [-0.05, 0) is 113 Å². The van der Waals surface area contributed by atoms with Gasteiger partial charge in [-0.1, -0.05) is 11.6 Å². The molecule has 3 aromatic rings. The van der Waals surface area contributed by atoms with Gasteiger partial charge in [0.05, 0.1) is 19.2 Å². The standard InChI is InChI=1S/C40H47ClF3N5O5/c1-23-24(2)39(53)47(3)21-30(23)27-18-32(41)29(36(19-27)54-4)17-25-9-13-48(14-10-25)22-35(50)26-11-15-49(16-12-26)34-7-5-28(20-31(34)40(42,43)44)45-33-6-8-37(51)46-38(33)52/h5,7,18-21,25-26,33,45H,6,8-17,22H2,1-4H3,(H,46,51,52). The molecule has 3 aliphatic heterocycles. The van der Waals surface area contributed by atoms with Crippen LogP contribution in [0.4, 0.5) is 24.5 Å². The number of Topliss-reactive ketones (excluding diaryl/α,β-unsaturated/α-hetero) is 1. The van der Waals surface area contributed by atoms with E-state index in [0.29, 0.717) is 54.7 Å². The second kappa shape index (κ2) is 16.2. The van der Waals surface area contributed by atoms with Crippen molar-refractivity contribution < 1.29 is 32.3 Å². The van der Waals surface area contributed by atoms with Crippen LogP contribution >= 0.6 is 11.6 Å². The topological polar surface area (TPSA) is 113 Å². The number of rotatable bonds is 10. The molecular weight excluding hydrogens is 723 g/mol. The van der Waals surface area contributed by atoms with Gasteiger partial charge in [0.1, 0.15) is 17.6 Å². The zero-order valence-electron chi connectivity index (χ0n) is 31.1. The third-order valence-electron chi connectivity index (χ3n) is 11.4. The largest absolute Gasteiger partial charge is 0.496 e. The Kier molecular flexibility index (Phi) is 11.8. The molecular formula is C40H47ClF3N5O5. The highest BCUT2D eigenvalue weighted by molar-refractivity contribution is 6.32. The summed E-state index contributed by atoms with van der Waals surface area (Å²) in [6.45, 7) is 6.25. The molecule has 0 saturated carbocycles. The lowest BCUT2D eigenvalue weighted by atomic mass is 9.87. The summed E-state index contributed by atoms with van der Waals surface area (Å²) < 4.78 is 50.1.